The highest BCUT2D eigenvalue weighted by Gasteiger charge is 2.26. The SMILES string of the molecule is CC1Oc2cc(cnc2N)-c2c(nn(C)c2C#N)Cn2c(nn(C)c2=O)-c2ccc(F)cc21. The Morgan fingerprint density at radius 3 is 2.79 bits per heavy atom. The molecule has 0 fully saturated rings. The van der Waals surface area contributed by atoms with Crippen LogP contribution in [0.25, 0.3) is 22.5 Å². The maximum absolute atomic E-state index is 14.2. The number of hydrogen-bond donors (Lipinski definition) is 1. The molecule has 3 aromatic heterocycles. The van der Waals surface area contributed by atoms with Crippen LogP contribution in [0.4, 0.5) is 10.2 Å². The van der Waals surface area contributed by atoms with Crippen molar-refractivity contribution in [3.63, 3.8) is 0 Å². The maximum atomic E-state index is 14.2. The van der Waals surface area contributed by atoms with Crippen molar-refractivity contribution in [2.75, 3.05) is 5.73 Å². The Kier molecular flexibility index (Phi) is 4.52. The van der Waals surface area contributed by atoms with Gasteiger partial charge >= 0.3 is 5.69 Å². The van der Waals surface area contributed by atoms with Crippen LogP contribution in [0.15, 0.2) is 35.3 Å². The van der Waals surface area contributed by atoms with E-state index in [1.807, 2.05) is 0 Å². The molecule has 1 aromatic carbocycles. The van der Waals surface area contributed by atoms with Gasteiger partial charge in [0.25, 0.3) is 0 Å². The monoisotopic (exact) mass is 446 g/mol. The molecule has 5 rings (SSSR count). The quantitative estimate of drug-likeness (QED) is 0.438. The van der Waals surface area contributed by atoms with Crippen LogP contribution in [0.5, 0.6) is 5.75 Å². The van der Waals surface area contributed by atoms with E-state index in [0.717, 1.165) is 0 Å². The van der Waals surface area contributed by atoms with Gasteiger partial charge in [0.15, 0.2) is 17.4 Å². The number of nitrogens with zero attached hydrogens (tertiary/aromatic N) is 7. The summed E-state index contributed by atoms with van der Waals surface area (Å²) < 4.78 is 24.4. The van der Waals surface area contributed by atoms with Gasteiger partial charge < -0.3 is 10.5 Å². The molecule has 33 heavy (non-hydrogen) atoms. The number of ether oxygens (including phenoxy) is 1. The van der Waals surface area contributed by atoms with E-state index >= 15 is 0 Å². The van der Waals surface area contributed by atoms with E-state index in [9.17, 15) is 14.4 Å². The molecule has 0 saturated carbocycles. The number of nitrogens with two attached hydrogens (primary N) is 1. The maximum Gasteiger partial charge on any atom is 0.346 e. The zero-order valence-electron chi connectivity index (χ0n) is 18.1. The summed E-state index contributed by atoms with van der Waals surface area (Å²) in [5.74, 6) is 0.317. The molecule has 1 unspecified atom stereocenters. The molecule has 0 aliphatic carbocycles. The molecule has 11 heteroatoms. The Morgan fingerprint density at radius 1 is 1.24 bits per heavy atom. The number of pyridine rings is 1. The van der Waals surface area contributed by atoms with E-state index in [4.69, 9.17) is 10.5 Å². The molecule has 0 radical (unpaired) electrons. The van der Waals surface area contributed by atoms with Gasteiger partial charge in [0.2, 0.25) is 0 Å². The van der Waals surface area contributed by atoms with E-state index in [0.29, 0.717) is 39.5 Å². The van der Waals surface area contributed by atoms with Crippen molar-refractivity contribution in [1.82, 2.24) is 29.1 Å². The first-order valence-electron chi connectivity index (χ1n) is 10.1. The lowest BCUT2D eigenvalue weighted by atomic mass is 10.0. The van der Waals surface area contributed by atoms with E-state index in [1.165, 1.54) is 39.3 Å². The number of halogens is 1. The summed E-state index contributed by atoms with van der Waals surface area (Å²) in [6, 6.07) is 8.05. The van der Waals surface area contributed by atoms with Gasteiger partial charge in [0.05, 0.1) is 12.2 Å². The van der Waals surface area contributed by atoms with Crippen molar-refractivity contribution in [2.24, 2.45) is 14.1 Å². The van der Waals surface area contributed by atoms with Gasteiger partial charge in [-0.05, 0) is 31.2 Å². The highest BCUT2D eigenvalue weighted by atomic mass is 19.1. The van der Waals surface area contributed by atoms with Gasteiger partial charge in [0.1, 0.15) is 23.7 Å². The van der Waals surface area contributed by atoms with Crippen LogP contribution in [0.1, 0.15) is 30.0 Å². The fourth-order valence-corrected chi connectivity index (χ4v) is 4.13. The number of aromatic nitrogens is 6. The van der Waals surface area contributed by atoms with E-state index in [1.54, 1.807) is 26.1 Å². The topological polar surface area (TPSA) is 130 Å². The van der Waals surface area contributed by atoms with Crippen molar-refractivity contribution in [1.29, 1.82) is 5.26 Å². The Morgan fingerprint density at radius 2 is 2.03 bits per heavy atom. The number of rotatable bonds is 0. The van der Waals surface area contributed by atoms with Crippen molar-refractivity contribution in [2.45, 2.75) is 19.6 Å². The zero-order valence-corrected chi connectivity index (χ0v) is 18.1. The van der Waals surface area contributed by atoms with Crippen LogP contribution in [0.2, 0.25) is 0 Å². The first kappa shape index (κ1) is 20.4. The van der Waals surface area contributed by atoms with Gasteiger partial charge in [0, 0.05) is 42.5 Å². The molecule has 4 aromatic rings. The van der Waals surface area contributed by atoms with Crippen LogP contribution in [-0.4, -0.2) is 29.1 Å². The average molecular weight is 446 g/mol. The first-order chi connectivity index (χ1) is 15.8. The van der Waals surface area contributed by atoms with Crippen LogP contribution in [0, 0.1) is 17.1 Å². The molecule has 0 spiro atoms. The Labute approximate surface area is 187 Å². The third-order valence-electron chi connectivity index (χ3n) is 5.71. The van der Waals surface area contributed by atoms with E-state index < -0.39 is 11.9 Å². The second kappa shape index (κ2) is 7.30. The number of nitriles is 1. The molecule has 1 aliphatic heterocycles. The third kappa shape index (κ3) is 3.15. The highest BCUT2D eigenvalue weighted by Crippen LogP contribution is 2.37. The number of aryl methyl sites for hydroxylation is 2. The molecule has 0 saturated heterocycles. The summed E-state index contributed by atoms with van der Waals surface area (Å²) in [6.45, 7) is 1.79. The molecule has 0 amide bonds. The van der Waals surface area contributed by atoms with Crippen molar-refractivity contribution >= 4 is 5.82 Å². The van der Waals surface area contributed by atoms with Crippen LogP contribution in [0.3, 0.4) is 0 Å². The molecule has 2 N–H and O–H groups in total. The normalized spacial score (nSPS) is 14.7. The van der Waals surface area contributed by atoms with Crippen molar-refractivity contribution in [3.8, 4) is 34.3 Å². The predicted octanol–water partition coefficient (Wildman–Crippen LogP) is 2.14. The lowest BCUT2D eigenvalue weighted by Crippen LogP contribution is -2.24. The Hall–Kier alpha value is -4.46. The molecule has 10 nitrogen and oxygen atoms in total. The lowest BCUT2D eigenvalue weighted by Gasteiger charge is -2.20. The zero-order chi connectivity index (χ0) is 23.4. The molecule has 1 aliphatic rings. The van der Waals surface area contributed by atoms with E-state index in [-0.39, 0.29) is 23.8 Å². The number of fused-ring (bicyclic) bond motifs is 7. The Balaban J connectivity index is 1.88. The smallest absolute Gasteiger partial charge is 0.346 e. The average Bonchev–Trinajstić information content (AvgIpc) is 3.25. The number of nitrogen functional groups attached to an aromatic ring is 1. The fourth-order valence-electron chi connectivity index (χ4n) is 4.13. The minimum absolute atomic E-state index is 0.0403. The predicted molar refractivity (Wildman–Crippen MR) is 117 cm³/mol. The molecule has 1 atom stereocenters. The summed E-state index contributed by atoms with van der Waals surface area (Å²) >= 11 is 0. The standard InChI is InChI=1S/C22H19FN8O2/c1-11-15-7-13(23)4-5-14(15)21-28-30(3)22(32)31(21)10-16-19(17(8-24)29(2)27-16)12-6-18(33-11)20(25)26-9-12/h4-7,9,11H,10H2,1-3H3,(H2,25,26). The minimum atomic E-state index is -0.649. The highest BCUT2D eigenvalue weighted by molar-refractivity contribution is 5.74. The first-order valence-corrected chi connectivity index (χ1v) is 10.1. The number of benzene rings is 1. The van der Waals surface area contributed by atoms with Crippen molar-refractivity contribution < 1.29 is 9.13 Å². The van der Waals surface area contributed by atoms with Gasteiger partial charge in [-0.15, -0.1) is 5.10 Å². The number of anilines is 1. The molecule has 166 valence electrons. The van der Waals surface area contributed by atoms with Crippen LogP contribution >= 0.6 is 0 Å². The summed E-state index contributed by atoms with van der Waals surface area (Å²) in [5.41, 5.74) is 8.56. The summed E-state index contributed by atoms with van der Waals surface area (Å²) in [7, 11) is 3.19. The number of hydrogen-bond acceptors (Lipinski definition) is 7. The second-order valence-electron chi connectivity index (χ2n) is 7.82. The molecular formula is C22H19FN8O2. The third-order valence-corrected chi connectivity index (χ3v) is 5.71. The van der Waals surface area contributed by atoms with Gasteiger partial charge in [-0.3, -0.25) is 9.25 Å². The van der Waals surface area contributed by atoms with Crippen LogP contribution in [-0.2, 0) is 20.6 Å². The summed E-state index contributed by atoms with van der Waals surface area (Å²) in [5, 5.41) is 18.7. The van der Waals surface area contributed by atoms with Crippen LogP contribution < -0.4 is 16.2 Å². The molecule has 2 bridgehead atoms. The van der Waals surface area contributed by atoms with Gasteiger partial charge in [-0.25, -0.2) is 18.9 Å². The van der Waals surface area contributed by atoms with Gasteiger partial charge in [-0.2, -0.15) is 10.4 Å². The summed E-state index contributed by atoms with van der Waals surface area (Å²) in [6.07, 6.45) is 0.879. The second-order valence-corrected chi connectivity index (χ2v) is 7.82. The fraction of sp³-hybridized carbons (Fsp3) is 0.227. The van der Waals surface area contributed by atoms with Crippen molar-refractivity contribution in [3.05, 3.63) is 63.7 Å². The Bertz CT molecular complexity index is 1520. The summed E-state index contributed by atoms with van der Waals surface area (Å²) in [4.78, 5) is 17.2. The molecule has 4 heterocycles. The minimum Gasteiger partial charge on any atom is -0.482 e. The lowest BCUT2D eigenvalue weighted by molar-refractivity contribution is 0.227. The molecular weight excluding hydrogens is 427 g/mol. The van der Waals surface area contributed by atoms with Gasteiger partial charge in [-0.1, -0.05) is 0 Å². The van der Waals surface area contributed by atoms with E-state index in [2.05, 4.69) is 21.3 Å². The largest absolute Gasteiger partial charge is 0.482 e.